The van der Waals surface area contributed by atoms with Crippen molar-refractivity contribution < 1.29 is 22.3 Å². The molecule has 1 fully saturated rings. The summed E-state index contributed by atoms with van der Waals surface area (Å²) < 4.78 is 58.0. The van der Waals surface area contributed by atoms with Crippen molar-refractivity contribution in [2.75, 3.05) is 0 Å². The standard InChI is InChI=1S/C13H15ClF4N2O/c14-12-19-7-9(15)11(20-12)21-10(13(16,17)18)8-5-3-1-2-4-6-8/h7-8,10H,1-6H2. The lowest BCUT2D eigenvalue weighted by Crippen LogP contribution is -2.41. The first-order chi connectivity index (χ1) is 9.88. The highest BCUT2D eigenvalue weighted by Gasteiger charge is 2.47. The van der Waals surface area contributed by atoms with Crippen LogP contribution < -0.4 is 4.74 Å². The first-order valence-electron chi connectivity index (χ1n) is 6.79. The Hall–Kier alpha value is -1.11. The largest absolute Gasteiger partial charge is 0.462 e. The van der Waals surface area contributed by atoms with Crippen LogP contribution in [0.2, 0.25) is 5.28 Å². The SMILES string of the molecule is Fc1cnc(Cl)nc1OC(C1CCCCCC1)C(F)(F)F. The van der Waals surface area contributed by atoms with E-state index >= 15 is 0 Å². The van der Waals surface area contributed by atoms with Gasteiger partial charge in [-0.1, -0.05) is 25.7 Å². The van der Waals surface area contributed by atoms with E-state index in [0.29, 0.717) is 31.9 Å². The lowest BCUT2D eigenvalue weighted by atomic mass is 9.93. The van der Waals surface area contributed by atoms with Gasteiger partial charge >= 0.3 is 6.18 Å². The Balaban J connectivity index is 2.21. The fourth-order valence-electron chi connectivity index (χ4n) is 2.58. The van der Waals surface area contributed by atoms with Crippen LogP contribution in [-0.2, 0) is 0 Å². The first kappa shape index (κ1) is 16.3. The zero-order chi connectivity index (χ0) is 15.5. The highest BCUT2D eigenvalue weighted by atomic mass is 35.5. The third-order valence-corrected chi connectivity index (χ3v) is 3.75. The van der Waals surface area contributed by atoms with Crippen LogP contribution in [0.15, 0.2) is 6.20 Å². The topological polar surface area (TPSA) is 35.0 Å². The molecule has 1 heterocycles. The average molecular weight is 327 g/mol. The summed E-state index contributed by atoms with van der Waals surface area (Å²) in [5, 5.41) is -0.354. The van der Waals surface area contributed by atoms with E-state index in [4.69, 9.17) is 16.3 Å². The van der Waals surface area contributed by atoms with E-state index < -0.39 is 29.9 Å². The molecule has 118 valence electrons. The molecule has 0 saturated heterocycles. The van der Waals surface area contributed by atoms with Gasteiger partial charge in [0.05, 0.1) is 6.20 Å². The Morgan fingerprint density at radius 2 is 1.81 bits per heavy atom. The van der Waals surface area contributed by atoms with Crippen molar-refractivity contribution >= 4 is 11.6 Å². The summed E-state index contributed by atoms with van der Waals surface area (Å²) >= 11 is 5.48. The molecule has 21 heavy (non-hydrogen) atoms. The van der Waals surface area contributed by atoms with E-state index in [1.165, 1.54) is 0 Å². The van der Waals surface area contributed by atoms with Gasteiger partial charge in [-0.05, 0) is 24.4 Å². The molecule has 1 aliphatic carbocycles. The summed E-state index contributed by atoms with van der Waals surface area (Å²) in [7, 11) is 0. The Labute approximate surface area is 124 Å². The molecule has 0 radical (unpaired) electrons. The number of rotatable bonds is 3. The third kappa shape index (κ3) is 4.43. The van der Waals surface area contributed by atoms with Crippen molar-refractivity contribution in [2.24, 2.45) is 5.92 Å². The Morgan fingerprint density at radius 1 is 1.19 bits per heavy atom. The molecule has 1 aliphatic rings. The van der Waals surface area contributed by atoms with E-state index in [1.807, 2.05) is 0 Å². The number of nitrogens with zero attached hydrogens (tertiary/aromatic N) is 2. The predicted molar refractivity (Wildman–Crippen MR) is 68.7 cm³/mol. The molecule has 2 rings (SSSR count). The van der Waals surface area contributed by atoms with Gasteiger partial charge in [0.15, 0.2) is 6.10 Å². The average Bonchev–Trinajstić information content (AvgIpc) is 2.67. The Kier molecular flexibility index (Phi) is 5.24. The minimum atomic E-state index is -4.58. The monoisotopic (exact) mass is 326 g/mol. The van der Waals surface area contributed by atoms with Crippen molar-refractivity contribution in [2.45, 2.75) is 50.8 Å². The minimum Gasteiger partial charge on any atom is -0.462 e. The van der Waals surface area contributed by atoms with Gasteiger partial charge in [-0.3, -0.25) is 0 Å². The van der Waals surface area contributed by atoms with E-state index in [1.54, 1.807) is 0 Å². The molecule has 0 spiro atoms. The fraction of sp³-hybridized carbons (Fsp3) is 0.692. The second kappa shape index (κ2) is 6.77. The van der Waals surface area contributed by atoms with Crippen molar-refractivity contribution in [3.05, 3.63) is 17.3 Å². The van der Waals surface area contributed by atoms with E-state index in [-0.39, 0.29) is 5.28 Å². The summed E-state index contributed by atoms with van der Waals surface area (Å²) in [6.45, 7) is 0. The summed E-state index contributed by atoms with van der Waals surface area (Å²) in [5.74, 6) is -2.50. The minimum absolute atomic E-state index is 0.354. The van der Waals surface area contributed by atoms with Crippen LogP contribution in [0.1, 0.15) is 38.5 Å². The number of hydrogen-bond acceptors (Lipinski definition) is 3. The highest BCUT2D eigenvalue weighted by molar-refractivity contribution is 6.28. The van der Waals surface area contributed by atoms with E-state index in [0.717, 1.165) is 12.8 Å². The van der Waals surface area contributed by atoms with Crippen molar-refractivity contribution in [3.8, 4) is 5.88 Å². The summed E-state index contributed by atoms with van der Waals surface area (Å²) in [5.41, 5.74) is 0. The number of halogens is 5. The molecule has 1 saturated carbocycles. The first-order valence-corrected chi connectivity index (χ1v) is 7.17. The van der Waals surface area contributed by atoms with Crippen LogP contribution in [-0.4, -0.2) is 22.2 Å². The highest BCUT2D eigenvalue weighted by Crippen LogP contribution is 2.36. The maximum absolute atomic E-state index is 13.5. The molecular weight excluding hydrogens is 312 g/mol. The predicted octanol–water partition coefficient (Wildman–Crippen LogP) is 4.55. The molecule has 1 aromatic heterocycles. The van der Waals surface area contributed by atoms with Gasteiger partial charge in [-0.25, -0.2) is 4.98 Å². The molecule has 1 atom stereocenters. The van der Waals surface area contributed by atoms with Gasteiger partial charge < -0.3 is 4.74 Å². The Morgan fingerprint density at radius 3 is 2.38 bits per heavy atom. The molecular formula is C13H15ClF4N2O. The van der Waals surface area contributed by atoms with E-state index in [9.17, 15) is 17.6 Å². The van der Waals surface area contributed by atoms with Crippen LogP contribution >= 0.6 is 11.6 Å². The summed E-state index contributed by atoms with van der Waals surface area (Å²) in [4.78, 5) is 6.76. The van der Waals surface area contributed by atoms with Gasteiger partial charge in [-0.15, -0.1) is 0 Å². The number of alkyl halides is 3. The van der Waals surface area contributed by atoms with E-state index in [2.05, 4.69) is 9.97 Å². The van der Waals surface area contributed by atoms with Gasteiger partial charge in [0.25, 0.3) is 5.88 Å². The smallest absolute Gasteiger partial charge is 0.425 e. The molecule has 0 N–H and O–H groups in total. The van der Waals surface area contributed by atoms with Crippen LogP contribution in [0.3, 0.4) is 0 Å². The normalized spacial score (nSPS) is 19.1. The number of ether oxygens (including phenoxy) is 1. The lowest BCUT2D eigenvalue weighted by molar-refractivity contribution is -0.212. The van der Waals surface area contributed by atoms with Crippen LogP contribution in [0.5, 0.6) is 5.88 Å². The maximum Gasteiger partial charge on any atom is 0.425 e. The van der Waals surface area contributed by atoms with Gasteiger partial charge in [0.1, 0.15) is 0 Å². The summed E-state index contributed by atoms with van der Waals surface area (Å²) in [6.07, 6.45) is -1.89. The zero-order valence-electron chi connectivity index (χ0n) is 11.2. The zero-order valence-corrected chi connectivity index (χ0v) is 11.9. The molecule has 0 amide bonds. The molecule has 0 bridgehead atoms. The summed E-state index contributed by atoms with van der Waals surface area (Å²) in [6, 6.07) is 0. The lowest BCUT2D eigenvalue weighted by Gasteiger charge is -2.28. The van der Waals surface area contributed by atoms with Gasteiger partial charge in [0, 0.05) is 5.92 Å². The van der Waals surface area contributed by atoms with Crippen LogP contribution in [0.25, 0.3) is 0 Å². The quantitative estimate of drug-likeness (QED) is 0.464. The Bertz CT molecular complexity index is 476. The fourth-order valence-corrected chi connectivity index (χ4v) is 2.70. The molecule has 1 aromatic rings. The van der Waals surface area contributed by atoms with Gasteiger partial charge in [-0.2, -0.15) is 22.5 Å². The molecule has 1 unspecified atom stereocenters. The third-order valence-electron chi connectivity index (χ3n) is 3.57. The van der Waals surface area contributed by atoms with Crippen molar-refractivity contribution in [1.82, 2.24) is 9.97 Å². The maximum atomic E-state index is 13.5. The second-order valence-corrected chi connectivity index (χ2v) is 5.46. The molecule has 0 aromatic carbocycles. The van der Waals surface area contributed by atoms with Gasteiger partial charge in [0.2, 0.25) is 11.1 Å². The van der Waals surface area contributed by atoms with Crippen molar-refractivity contribution in [1.29, 1.82) is 0 Å². The van der Waals surface area contributed by atoms with Crippen LogP contribution in [0.4, 0.5) is 17.6 Å². The van der Waals surface area contributed by atoms with Crippen molar-refractivity contribution in [3.63, 3.8) is 0 Å². The molecule has 0 aliphatic heterocycles. The van der Waals surface area contributed by atoms with Crippen LogP contribution in [0, 0.1) is 11.7 Å². The number of aromatic nitrogens is 2. The molecule has 3 nitrogen and oxygen atoms in total. The second-order valence-electron chi connectivity index (χ2n) is 5.12. The number of hydrogen-bond donors (Lipinski definition) is 0. The molecule has 8 heteroatoms.